The molecule has 0 aliphatic rings. The fourth-order valence-electron chi connectivity index (χ4n) is 2.69. The van der Waals surface area contributed by atoms with Crippen LogP contribution in [0.5, 0.6) is 5.88 Å². The molecule has 3 aromatic heterocycles. The minimum absolute atomic E-state index is 0.0410. The molecule has 0 unspecified atom stereocenters. The Hall–Kier alpha value is -3.40. The van der Waals surface area contributed by atoms with Gasteiger partial charge >= 0.3 is 0 Å². The van der Waals surface area contributed by atoms with Gasteiger partial charge in [0.1, 0.15) is 11.6 Å². The van der Waals surface area contributed by atoms with Gasteiger partial charge in [-0.3, -0.25) is 9.59 Å². The molecule has 0 radical (unpaired) electrons. The number of hydrogen-bond acceptors (Lipinski definition) is 5. The number of aromatic amines is 1. The van der Waals surface area contributed by atoms with Gasteiger partial charge < -0.3 is 14.3 Å². The van der Waals surface area contributed by atoms with Crippen LogP contribution in [0.2, 0.25) is 0 Å². The number of nitrogens with one attached hydrogen (secondary N) is 1. The van der Waals surface area contributed by atoms with Crippen molar-refractivity contribution in [1.29, 1.82) is 5.26 Å². The number of fused-ring (bicyclic) bond motifs is 1. The third-order valence-electron chi connectivity index (χ3n) is 4.18. The number of nitrogens with zero attached hydrogens (tertiary/aromatic N) is 3. The molecule has 0 aliphatic heterocycles. The Kier molecular flexibility index (Phi) is 4.11. The predicted molar refractivity (Wildman–Crippen MR) is 92.9 cm³/mol. The zero-order valence-electron chi connectivity index (χ0n) is 14.1. The van der Waals surface area contributed by atoms with Crippen LogP contribution in [-0.2, 0) is 6.54 Å². The highest BCUT2D eigenvalue weighted by molar-refractivity contribution is 5.80. The first kappa shape index (κ1) is 16.5. The van der Waals surface area contributed by atoms with Gasteiger partial charge in [0.15, 0.2) is 5.43 Å². The second kappa shape index (κ2) is 6.24. The molecule has 3 rings (SSSR count). The van der Waals surface area contributed by atoms with E-state index < -0.39 is 0 Å². The quantitative estimate of drug-likeness (QED) is 0.783. The normalized spacial score (nSPS) is 10.6. The van der Waals surface area contributed by atoms with Gasteiger partial charge in [-0.25, -0.2) is 4.98 Å². The summed E-state index contributed by atoms with van der Waals surface area (Å²) in [4.78, 5) is 32.1. The summed E-state index contributed by atoms with van der Waals surface area (Å²) >= 11 is 0. The summed E-state index contributed by atoms with van der Waals surface area (Å²) in [6.07, 6.45) is 3.25. The molecule has 0 bridgehead atoms. The summed E-state index contributed by atoms with van der Waals surface area (Å²) in [6.45, 7) is 3.69. The van der Waals surface area contributed by atoms with Crippen LogP contribution in [0.4, 0.5) is 0 Å². The Bertz CT molecular complexity index is 1140. The van der Waals surface area contributed by atoms with Gasteiger partial charge in [0.25, 0.3) is 5.56 Å². The summed E-state index contributed by atoms with van der Waals surface area (Å²) < 4.78 is 6.55. The molecule has 3 aromatic rings. The van der Waals surface area contributed by atoms with E-state index in [1.807, 2.05) is 6.07 Å². The van der Waals surface area contributed by atoms with E-state index in [-0.39, 0.29) is 29.0 Å². The first-order chi connectivity index (χ1) is 12.0. The Labute approximate surface area is 143 Å². The largest absolute Gasteiger partial charge is 0.480 e. The number of aryl methyl sites for hydroxylation is 1. The second-order valence-corrected chi connectivity index (χ2v) is 5.74. The first-order valence-electron chi connectivity index (χ1n) is 7.62. The fraction of sp³-hybridized carbons (Fsp3) is 0.222. The molecule has 7 heteroatoms. The lowest BCUT2D eigenvalue weighted by Crippen LogP contribution is -2.23. The van der Waals surface area contributed by atoms with E-state index in [0.29, 0.717) is 27.7 Å². The van der Waals surface area contributed by atoms with Crippen molar-refractivity contribution in [1.82, 2.24) is 14.5 Å². The summed E-state index contributed by atoms with van der Waals surface area (Å²) in [7, 11) is 1.42. The second-order valence-electron chi connectivity index (χ2n) is 5.74. The van der Waals surface area contributed by atoms with Crippen LogP contribution >= 0.6 is 0 Å². The smallest absolute Gasteiger partial charge is 0.260 e. The number of ether oxygens (including phenoxy) is 1. The van der Waals surface area contributed by atoms with Gasteiger partial charge in [-0.2, -0.15) is 5.26 Å². The lowest BCUT2D eigenvalue weighted by atomic mass is 10.1. The number of nitriles is 1. The Morgan fingerprint density at radius 2 is 2.12 bits per heavy atom. The first-order valence-corrected chi connectivity index (χ1v) is 7.62. The molecular weight excluding hydrogens is 320 g/mol. The minimum Gasteiger partial charge on any atom is -0.480 e. The van der Waals surface area contributed by atoms with Crippen molar-refractivity contribution in [3.8, 4) is 11.9 Å². The molecule has 0 aromatic carbocycles. The maximum absolute atomic E-state index is 12.7. The molecule has 0 amide bonds. The van der Waals surface area contributed by atoms with Gasteiger partial charge in [-0.15, -0.1) is 0 Å². The van der Waals surface area contributed by atoms with E-state index in [9.17, 15) is 14.9 Å². The molecule has 0 saturated heterocycles. The van der Waals surface area contributed by atoms with Gasteiger partial charge in [0.2, 0.25) is 5.88 Å². The van der Waals surface area contributed by atoms with Crippen molar-refractivity contribution in [2.45, 2.75) is 20.4 Å². The van der Waals surface area contributed by atoms with Crippen molar-refractivity contribution in [2.75, 3.05) is 7.11 Å². The van der Waals surface area contributed by atoms with Crippen LogP contribution in [0, 0.1) is 25.2 Å². The van der Waals surface area contributed by atoms with Gasteiger partial charge in [0, 0.05) is 29.2 Å². The number of methoxy groups -OCH3 is 1. The molecule has 3 heterocycles. The Morgan fingerprint density at radius 1 is 1.36 bits per heavy atom. The van der Waals surface area contributed by atoms with Crippen LogP contribution in [0.3, 0.4) is 0 Å². The highest BCUT2D eigenvalue weighted by Gasteiger charge is 2.12. The van der Waals surface area contributed by atoms with E-state index in [0.717, 1.165) is 0 Å². The van der Waals surface area contributed by atoms with Crippen molar-refractivity contribution in [2.24, 2.45) is 0 Å². The van der Waals surface area contributed by atoms with Gasteiger partial charge in [0.05, 0.1) is 24.6 Å². The van der Waals surface area contributed by atoms with Crippen LogP contribution in [-0.4, -0.2) is 21.6 Å². The maximum Gasteiger partial charge on any atom is 0.260 e. The van der Waals surface area contributed by atoms with Crippen molar-refractivity contribution in [3.63, 3.8) is 0 Å². The zero-order valence-corrected chi connectivity index (χ0v) is 14.1. The summed E-state index contributed by atoms with van der Waals surface area (Å²) in [5.74, 6) is 0.186. The SMILES string of the molecule is COc1nc2ccn(Cc3[nH]cc(C)c(=O)c3C)c(=O)c2cc1C#N. The highest BCUT2D eigenvalue weighted by atomic mass is 16.5. The zero-order chi connectivity index (χ0) is 18.1. The summed E-state index contributed by atoms with van der Waals surface area (Å²) in [5.41, 5.74) is 2.19. The van der Waals surface area contributed by atoms with Crippen LogP contribution < -0.4 is 15.7 Å². The third kappa shape index (κ3) is 2.78. The topological polar surface area (TPSA) is 101 Å². The maximum atomic E-state index is 12.7. The molecule has 0 fully saturated rings. The molecule has 0 atom stereocenters. The molecule has 0 aliphatic carbocycles. The van der Waals surface area contributed by atoms with Crippen LogP contribution in [0.15, 0.2) is 34.1 Å². The lowest BCUT2D eigenvalue weighted by Gasteiger charge is -2.11. The van der Waals surface area contributed by atoms with Crippen molar-refractivity contribution in [3.05, 3.63) is 67.5 Å². The minimum atomic E-state index is -0.287. The monoisotopic (exact) mass is 336 g/mol. The molecule has 25 heavy (non-hydrogen) atoms. The molecule has 126 valence electrons. The lowest BCUT2D eigenvalue weighted by molar-refractivity contribution is 0.398. The molecule has 1 N–H and O–H groups in total. The van der Waals surface area contributed by atoms with Gasteiger partial charge in [-0.05, 0) is 26.0 Å². The molecule has 0 spiro atoms. The standard InChI is InChI=1S/C18H16N4O3/c1-10-8-20-15(11(2)16(10)23)9-22-5-4-14-13(18(22)24)6-12(7-19)17(21-14)25-3/h4-6,8H,9H2,1-3H3,(H,20,23). The Morgan fingerprint density at radius 3 is 2.80 bits per heavy atom. The molecule has 0 saturated carbocycles. The Balaban J connectivity index is 2.14. The van der Waals surface area contributed by atoms with Gasteiger partial charge in [-0.1, -0.05) is 0 Å². The number of aromatic nitrogens is 3. The predicted octanol–water partition coefficient (Wildman–Crippen LogP) is 1.63. The number of pyridine rings is 3. The van der Waals surface area contributed by atoms with E-state index in [2.05, 4.69) is 9.97 Å². The van der Waals surface area contributed by atoms with Crippen LogP contribution in [0.25, 0.3) is 10.9 Å². The molecular formula is C18H16N4O3. The van der Waals surface area contributed by atoms with Crippen LogP contribution in [0.1, 0.15) is 22.4 Å². The average molecular weight is 336 g/mol. The highest BCUT2D eigenvalue weighted by Crippen LogP contribution is 2.19. The molecule has 7 nitrogen and oxygen atoms in total. The van der Waals surface area contributed by atoms with E-state index in [1.54, 1.807) is 32.3 Å². The fourth-order valence-corrected chi connectivity index (χ4v) is 2.69. The van der Waals surface area contributed by atoms with E-state index in [4.69, 9.17) is 4.74 Å². The average Bonchev–Trinajstić information content (AvgIpc) is 2.63. The number of hydrogen-bond donors (Lipinski definition) is 1. The van der Waals surface area contributed by atoms with E-state index >= 15 is 0 Å². The third-order valence-corrected chi connectivity index (χ3v) is 4.18. The van der Waals surface area contributed by atoms with Crippen molar-refractivity contribution < 1.29 is 4.74 Å². The number of rotatable bonds is 3. The summed E-state index contributed by atoms with van der Waals surface area (Å²) in [6, 6.07) is 5.13. The summed E-state index contributed by atoms with van der Waals surface area (Å²) in [5, 5.41) is 9.50. The number of H-pyrrole nitrogens is 1. The van der Waals surface area contributed by atoms with Crippen molar-refractivity contribution >= 4 is 10.9 Å². The van der Waals surface area contributed by atoms with E-state index in [1.165, 1.54) is 17.7 Å².